The van der Waals surface area contributed by atoms with E-state index in [4.69, 9.17) is 0 Å². The van der Waals surface area contributed by atoms with Crippen LogP contribution in [0, 0.1) is 13.8 Å². The van der Waals surface area contributed by atoms with Gasteiger partial charge in [-0.1, -0.05) is 6.07 Å². The molecule has 3 rings (SSSR count). The van der Waals surface area contributed by atoms with Crippen molar-refractivity contribution >= 4 is 17.3 Å². The van der Waals surface area contributed by atoms with E-state index in [1.54, 1.807) is 11.3 Å². The fraction of sp³-hybridized carbons (Fsp3) is 0.214. The summed E-state index contributed by atoms with van der Waals surface area (Å²) in [6.07, 6.45) is 1.84. The molecule has 5 nitrogen and oxygen atoms in total. The average molecular weight is 285 g/mol. The molecule has 0 amide bonds. The van der Waals surface area contributed by atoms with E-state index < -0.39 is 0 Å². The van der Waals surface area contributed by atoms with Gasteiger partial charge in [0.2, 0.25) is 5.95 Å². The molecule has 0 saturated heterocycles. The number of anilines is 1. The van der Waals surface area contributed by atoms with Gasteiger partial charge in [0.1, 0.15) is 0 Å². The molecular formula is C14H15N5S. The maximum atomic E-state index is 4.38. The monoisotopic (exact) mass is 285 g/mol. The average Bonchev–Trinajstić information content (AvgIpc) is 3.06. The second-order valence-electron chi connectivity index (χ2n) is 4.58. The number of aromatic amines is 1. The zero-order valence-corrected chi connectivity index (χ0v) is 12.2. The van der Waals surface area contributed by atoms with Gasteiger partial charge in [-0.3, -0.25) is 5.10 Å². The highest BCUT2D eigenvalue weighted by molar-refractivity contribution is 7.13. The van der Waals surface area contributed by atoms with Gasteiger partial charge in [0.05, 0.1) is 16.8 Å². The molecule has 2 N–H and O–H groups in total. The lowest BCUT2D eigenvalue weighted by molar-refractivity contribution is 1.01. The summed E-state index contributed by atoms with van der Waals surface area (Å²) in [4.78, 5) is 9.93. The summed E-state index contributed by atoms with van der Waals surface area (Å²) in [7, 11) is 0. The van der Waals surface area contributed by atoms with Crippen LogP contribution in [-0.2, 0) is 6.54 Å². The highest BCUT2D eigenvalue weighted by atomic mass is 32.1. The Balaban J connectivity index is 1.78. The fourth-order valence-electron chi connectivity index (χ4n) is 2.06. The van der Waals surface area contributed by atoms with Crippen molar-refractivity contribution in [2.24, 2.45) is 0 Å². The first-order valence-corrected chi connectivity index (χ1v) is 7.22. The minimum Gasteiger partial charge on any atom is -0.350 e. The van der Waals surface area contributed by atoms with Gasteiger partial charge in [0.25, 0.3) is 0 Å². The van der Waals surface area contributed by atoms with Crippen molar-refractivity contribution in [1.82, 2.24) is 20.2 Å². The molecule has 3 aromatic heterocycles. The van der Waals surface area contributed by atoms with Crippen molar-refractivity contribution < 1.29 is 0 Å². The van der Waals surface area contributed by atoms with Gasteiger partial charge in [-0.25, -0.2) is 9.97 Å². The Morgan fingerprint density at radius 1 is 1.25 bits per heavy atom. The Morgan fingerprint density at radius 2 is 2.05 bits per heavy atom. The first kappa shape index (κ1) is 12.8. The number of nitrogens with one attached hydrogen (secondary N) is 2. The number of hydrogen-bond acceptors (Lipinski definition) is 5. The Bertz CT molecular complexity index is 682. The zero-order chi connectivity index (χ0) is 13.9. The Morgan fingerprint density at radius 3 is 2.75 bits per heavy atom. The molecule has 0 atom stereocenters. The number of aromatic nitrogens is 4. The van der Waals surface area contributed by atoms with Crippen LogP contribution in [0.2, 0.25) is 0 Å². The predicted molar refractivity (Wildman–Crippen MR) is 80.7 cm³/mol. The molecule has 0 radical (unpaired) electrons. The number of rotatable bonds is 4. The normalized spacial score (nSPS) is 10.7. The van der Waals surface area contributed by atoms with Gasteiger partial charge in [-0.2, -0.15) is 5.10 Å². The van der Waals surface area contributed by atoms with E-state index in [0.717, 1.165) is 22.6 Å². The summed E-state index contributed by atoms with van der Waals surface area (Å²) >= 11 is 1.69. The van der Waals surface area contributed by atoms with Gasteiger partial charge in [0.15, 0.2) is 0 Å². The standard InChI is InChI=1S/C14H15N5S/c1-9-6-10(2)18-14(17-9)15-7-11-8-16-19-13(11)12-4-3-5-20-12/h3-6,8H,7H2,1-2H3,(H,16,19)(H,15,17,18). The molecule has 102 valence electrons. The molecule has 0 aliphatic heterocycles. The van der Waals surface area contributed by atoms with Gasteiger partial charge in [-0.05, 0) is 31.4 Å². The number of nitrogens with zero attached hydrogens (tertiary/aromatic N) is 3. The number of hydrogen-bond donors (Lipinski definition) is 2. The molecule has 0 aliphatic rings. The minimum atomic E-state index is 0.645. The first-order chi connectivity index (χ1) is 9.72. The molecular weight excluding hydrogens is 270 g/mol. The largest absolute Gasteiger partial charge is 0.350 e. The van der Waals surface area contributed by atoms with Gasteiger partial charge < -0.3 is 5.32 Å². The first-order valence-electron chi connectivity index (χ1n) is 6.34. The van der Waals surface area contributed by atoms with Crippen LogP contribution in [0.15, 0.2) is 29.8 Å². The van der Waals surface area contributed by atoms with E-state index in [1.807, 2.05) is 32.2 Å². The summed E-state index contributed by atoms with van der Waals surface area (Å²) < 4.78 is 0. The van der Waals surface area contributed by atoms with Crippen LogP contribution in [0.5, 0.6) is 0 Å². The highest BCUT2D eigenvalue weighted by Crippen LogP contribution is 2.26. The molecule has 0 aromatic carbocycles. The van der Waals surface area contributed by atoms with E-state index in [-0.39, 0.29) is 0 Å². The van der Waals surface area contributed by atoms with Gasteiger partial charge >= 0.3 is 0 Å². The van der Waals surface area contributed by atoms with Crippen LogP contribution in [0.25, 0.3) is 10.6 Å². The summed E-state index contributed by atoms with van der Waals surface area (Å²) in [5.41, 5.74) is 4.09. The summed E-state index contributed by atoms with van der Waals surface area (Å²) in [6, 6.07) is 6.07. The van der Waals surface area contributed by atoms with Gasteiger partial charge in [-0.15, -0.1) is 11.3 Å². The summed E-state index contributed by atoms with van der Waals surface area (Å²) in [5.74, 6) is 0.654. The Labute approximate surface area is 121 Å². The predicted octanol–water partition coefficient (Wildman–Crippen LogP) is 3.16. The molecule has 0 saturated carbocycles. The zero-order valence-electron chi connectivity index (χ0n) is 11.3. The Hall–Kier alpha value is -2.21. The molecule has 0 unspecified atom stereocenters. The maximum absolute atomic E-state index is 4.38. The van der Waals surface area contributed by atoms with E-state index in [1.165, 1.54) is 4.88 Å². The second-order valence-corrected chi connectivity index (χ2v) is 5.52. The van der Waals surface area contributed by atoms with Crippen molar-refractivity contribution in [1.29, 1.82) is 0 Å². The van der Waals surface area contributed by atoms with Crippen LogP contribution in [0.4, 0.5) is 5.95 Å². The van der Waals surface area contributed by atoms with Crippen molar-refractivity contribution in [3.63, 3.8) is 0 Å². The minimum absolute atomic E-state index is 0.645. The van der Waals surface area contributed by atoms with E-state index in [0.29, 0.717) is 12.5 Å². The topological polar surface area (TPSA) is 66.5 Å². The van der Waals surface area contributed by atoms with Gasteiger partial charge in [0, 0.05) is 23.5 Å². The molecule has 3 aromatic rings. The number of aryl methyl sites for hydroxylation is 2. The van der Waals surface area contributed by atoms with E-state index >= 15 is 0 Å². The lowest BCUT2D eigenvalue weighted by Crippen LogP contribution is -2.05. The van der Waals surface area contributed by atoms with Crippen molar-refractivity contribution in [3.05, 3.63) is 46.7 Å². The molecule has 0 spiro atoms. The van der Waals surface area contributed by atoms with Crippen molar-refractivity contribution in [3.8, 4) is 10.6 Å². The van der Waals surface area contributed by atoms with E-state index in [2.05, 4.69) is 36.9 Å². The summed E-state index contributed by atoms with van der Waals surface area (Å²) in [5, 5.41) is 12.5. The SMILES string of the molecule is Cc1cc(C)nc(NCc2cn[nH]c2-c2cccs2)n1. The molecule has 20 heavy (non-hydrogen) atoms. The van der Waals surface area contributed by atoms with E-state index in [9.17, 15) is 0 Å². The lowest BCUT2D eigenvalue weighted by Gasteiger charge is -2.06. The second kappa shape index (κ2) is 5.42. The van der Waals surface area contributed by atoms with Crippen molar-refractivity contribution in [2.75, 3.05) is 5.32 Å². The van der Waals surface area contributed by atoms with Crippen LogP contribution in [0.3, 0.4) is 0 Å². The summed E-state index contributed by atoms with van der Waals surface area (Å²) in [6.45, 7) is 4.58. The molecule has 0 bridgehead atoms. The fourth-order valence-corrected chi connectivity index (χ4v) is 2.81. The highest BCUT2D eigenvalue weighted by Gasteiger charge is 2.09. The molecule has 0 fully saturated rings. The van der Waals surface area contributed by atoms with Crippen LogP contribution in [-0.4, -0.2) is 20.2 Å². The third kappa shape index (κ3) is 2.70. The smallest absolute Gasteiger partial charge is 0.223 e. The molecule has 3 heterocycles. The lowest BCUT2D eigenvalue weighted by atomic mass is 10.2. The number of thiophene rings is 1. The maximum Gasteiger partial charge on any atom is 0.223 e. The number of H-pyrrole nitrogens is 1. The quantitative estimate of drug-likeness (QED) is 0.772. The molecule has 6 heteroatoms. The Kier molecular flexibility index (Phi) is 3.47. The van der Waals surface area contributed by atoms with Crippen LogP contribution >= 0.6 is 11.3 Å². The van der Waals surface area contributed by atoms with Crippen LogP contribution in [0.1, 0.15) is 17.0 Å². The van der Waals surface area contributed by atoms with Crippen molar-refractivity contribution in [2.45, 2.75) is 20.4 Å². The van der Waals surface area contributed by atoms with Crippen LogP contribution < -0.4 is 5.32 Å². The molecule has 0 aliphatic carbocycles. The third-order valence-electron chi connectivity index (χ3n) is 2.90. The third-order valence-corrected chi connectivity index (χ3v) is 3.79.